The summed E-state index contributed by atoms with van der Waals surface area (Å²) in [7, 11) is 0. The predicted molar refractivity (Wildman–Crippen MR) is 60.8 cm³/mol. The highest BCUT2D eigenvalue weighted by Gasteiger charge is 1.86. The van der Waals surface area contributed by atoms with Crippen LogP contribution in [0.15, 0.2) is 49.1 Å². The molecule has 0 aromatic heterocycles. The molecule has 1 aromatic carbocycles. The van der Waals surface area contributed by atoms with Crippen LogP contribution in [-0.2, 0) is 4.79 Å². The van der Waals surface area contributed by atoms with Crippen molar-refractivity contribution in [2.45, 2.75) is 0 Å². The molecule has 0 aliphatic heterocycles. The van der Waals surface area contributed by atoms with Gasteiger partial charge >= 0.3 is 0 Å². The molecule has 0 saturated heterocycles. The summed E-state index contributed by atoms with van der Waals surface area (Å²) in [6.07, 6.45) is 9.62. The maximum absolute atomic E-state index is 10.1. The van der Waals surface area contributed by atoms with Crippen molar-refractivity contribution in [3.63, 3.8) is 0 Å². The molecule has 0 spiro atoms. The molecule has 1 aromatic rings. The molecule has 0 N–H and O–H groups in total. The summed E-state index contributed by atoms with van der Waals surface area (Å²) < 4.78 is 0. The van der Waals surface area contributed by atoms with Gasteiger partial charge in [0, 0.05) is 0 Å². The molecule has 0 heterocycles. The van der Waals surface area contributed by atoms with E-state index >= 15 is 0 Å². The largest absolute Gasteiger partial charge is 0.299 e. The molecule has 0 radical (unpaired) electrons. The fourth-order valence-corrected chi connectivity index (χ4v) is 1.05. The summed E-state index contributed by atoms with van der Waals surface area (Å²) in [5.74, 6) is 0. The summed E-state index contributed by atoms with van der Waals surface area (Å²) in [5.41, 5.74) is 2.14. The monoisotopic (exact) mass is 184 g/mol. The third-order valence-electron chi connectivity index (χ3n) is 1.73. The van der Waals surface area contributed by atoms with Gasteiger partial charge in [-0.2, -0.15) is 0 Å². The number of aldehydes is 1. The van der Waals surface area contributed by atoms with Crippen molar-refractivity contribution in [1.82, 2.24) is 0 Å². The Labute approximate surface area is 84.1 Å². The Balaban J connectivity index is 2.77. The predicted octanol–water partition coefficient (Wildman–Crippen LogP) is 3.10. The molecule has 14 heavy (non-hydrogen) atoms. The lowest BCUT2D eigenvalue weighted by atomic mass is 10.1. The van der Waals surface area contributed by atoms with Crippen molar-refractivity contribution in [3.8, 4) is 0 Å². The normalized spacial score (nSPS) is 10.9. The van der Waals surface area contributed by atoms with Gasteiger partial charge in [-0.3, -0.25) is 4.79 Å². The van der Waals surface area contributed by atoms with Crippen LogP contribution < -0.4 is 0 Å². The van der Waals surface area contributed by atoms with Crippen LogP contribution in [-0.4, -0.2) is 6.29 Å². The van der Waals surface area contributed by atoms with Gasteiger partial charge in [-0.15, -0.1) is 0 Å². The molecule has 0 fully saturated rings. The Hall–Kier alpha value is -1.89. The highest BCUT2D eigenvalue weighted by Crippen LogP contribution is 2.07. The first-order valence-electron chi connectivity index (χ1n) is 4.38. The summed E-state index contributed by atoms with van der Waals surface area (Å²) in [4.78, 5) is 10.1. The van der Waals surface area contributed by atoms with Crippen LogP contribution in [0.5, 0.6) is 0 Å². The maximum Gasteiger partial charge on any atom is 0.142 e. The first kappa shape index (κ1) is 10.2. The molecule has 70 valence electrons. The van der Waals surface area contributed by atoms with Crippen LogP contribution in [0, 0.1) is 0 Å². The van der Waals surface area contributed by atoms with Gasteiger partial charge in [0.2, 0.25) is 0 Å². The highest BCUT2D eigenvalue weighted by molar-refractivity contribution is 5.74. The van der Waals surface area contributed by atoms with Crippen molar-refractivity contribution in [1.29, 1.82) is 0 Å². The number of rotatable bonds is 4. The zero-order chi connectivity index (χ0) is 10.2. The second-order valence-electron chi connectivity index (χ2n) is 2.76. The zero-order valence-electron chi connectivity index (χ0n) is 7.89. The van der Waals surface area contributed by atoms with Crippen molar-refractivity contribution in [2.24, 2.45) is 0 Å². The number of hydrogen-bond acceptors (Lipinski definition) is 1. The standard InChI is InChI=1S/C13H12O/c1-2-3-5-12-7-9-13(10-8-12)6-4-11-14/h2-11H,1H2/b5-3+,6-4+. The summed E-state index contributed by atoms with van der Waals surface area (Å²) in [6, 6.07) is 7.90. The molecule has 0 atom stereocenters. The number of carbonyl (C=O) groups excluding carboxylic acids is 1. The maximum atomic E-state index is 10.1. The average molecular weight is 184 g/mol. The van der Waals surface area contributed by atoms with E-state index < -0.39 is 0 Å². The van der Waals surface area contributed by atoms with E-state index in [1.807, 2.05) is 36.4 Å². The number of hydrogen-bond donors (Lipinski definition) is 0. The van der Waals surface area contributed by atoms with Crippen LogP contribution in [0.25, 0.3) is 12.2 Å². The van der Waals surface area contributed by atoms with E-state index in [0.717, 1.165) is 17.4 Å². The summed E-state index contributed by atoms with van der Waals surface area (Å²) >= 11 is 0. The minimum atomic E-state index is 0.769. The van der Waals surface area contributed by atoms with Gasteiger partial charge in [-0.1, -0.05) is 55.1 Å². The van der Waals surface area contributed by atoms with Gasteiger partial charge in [-0.25, -0.2) is 0 Å². The van der Waals surface area contributed by atoms with Crippen molar-refractivity contribution in [3.05, 3.63) is 60.2 Å². The molecular weight excluding hydrogens is 172 g/mol. The fraction of sp³-hybridized carbons (Fsp3) is 0. The van der Waals surface area contributed by atoms with E-state index in [1.165, 1.54) is 6.08 Å². The third kappa shape index (κ3) is 3.23. The number of allylic oxidation sites excluding steroid dienone is 3. The molecule has 0 aliphatic carbocycles. The second-order valence-corrected chi connectivity index (χ2v) is 2.76. The lowest BCUT2D eigenvalue weighted by Gasteiger charge is -1.94. The molecular formula is C13H12O. The van der Waals surface area contributed by atoms with Gasteiger partial charge in [0.15, 0.2) is 0 Å². The number of carbonyl (C=O) groups is 1. The van der Waals surface area contributed by atoms with Gasteiger partial charge in [0.25, 0.3) is 0 Å². The van der Waals surface area contributed by atoms with Gasteiger partial charge in [0.05, 0.1) is 0 Å². The van der Waals surface area contributed by atoms with Crippen LogP contribution in [0.2, 0.25) is 0 Å². The van der Waals surface area contributed by atoms with Crippen molar-refractivity contribution < 1.29 is 4.79 Å². The smallest absolute Gasteiger partial charge is 0.142 e. The molecule has 0 saturated carbocycles. The summed E-state index contributed by atoms with van der Waals surface area (Å²) in [6.45, 7) is 3.60. The Morgan fingerprint density at radius 1 is 0.929 bits per heavy atom. The van der Waals surface area contributed by atoms with Crippen LogP contribution in [0.1, 0.15) is 11.1 Å². The molecule has 1 heteroatoms. The van der Waals surface area contributed by atoms with E-state index in [1.54, 1.807) is 12.2 Å². The fourth-order valence-electron chi connectivity index (χ4n) is 1.05. The SMILES string of the molecule is C=C/C=C/c1ccc(/C=C/C=O)cc1. The minimum absolute atomic E-state index is 0.769. The molecule has 0 bridgehead atoms. The van der Waals surface area contributed by atoms with Crippen molar-refractivity contribution in [2.75, 3.05) is 0 Å². The quantitative estimate of drug-likeness (QED) is 0.399. The van der Waals surface area contributed by atoms with Crippen LogP contribution in [0.3, 0.4) is 0 Å². The van der Waals surface area contributed by atoms with E-state index in [2.05, 4.69) is 6.58 Å². The van der Waals surface area contributed by atoms with E-state index in [0.29, 0.717) is 0 Å². The van der Waals surface area contributed by atoms with E-state index in [-0.39, 0.29) is 0 Å². The summed E-state index contributed by atoms with van der Waals surface area (Å²) in [5, 5.41) is 0. The molecule has 0 amide bonds. The van der Waals surface area contributed by atoms with Crippen LogP contribution >= 0.6 is 0 Å². The molecule has 0 unspecified atom stereocenters. The van der Waals surface area contributed by atoms with E-state index in [4.69, 9.17) is 0 Å². The van der Waals surface area contributed by atoms with Gasteiger partial charge < -0.3 is 0 Å². The molecule has 1 rings (SSSR count). The molecule has 1 nitrogen and oxygen atoms in total. The van der Waals surface area contributed by atoms with Crippen molar-refractivity contribution >= 4 is 18.4 Å². The number of benzene rings is 1. The highest BCUT2D eigenvalue weighted by atomic mass is 16.1. The van der Waals surface area contributed by atoms with E-state index in [9.17, 15) is 4.79 Å². The Morgan fingerprint density at radius 3 is 1.86 bits per heavy atom. The second kappa shape index (κ2) is 5.70. The van der Waals surface area contributed by atoms with Crippen LogP contribution in [0.4, 0.5) is 0 Å². The Kier molecular flexibility index (Phi) is 4.15. The Morgan fingerprint density at radius 2 is 1.43 bits per heavy atom. The zero-order valence-corrected chi connectivity index (χ0v) is 7.89. The lowest BCUT2D eigenvalue weighted by Crippen LogP contribution is -1.74. The minimum Gasteiger partial charge on any atom is -0.299 e. The lowest BCUT2D eigenvalue weighted by molar-refractivity contribution is -0.104. The first-order valence-corrected chi connectivity index (χ1v) is 4.38. The third-order valence-corrected chi connectivity index (χ3v) is 1.73. The molecule has 0 aliphatic rings. The average Bonchev–Trinajstić information content (AvgIpc) is 2.25. The van der Waals surface area contributed by atoms with Gasteiger partial charge in [0.1, 0.15) is 6.29 Å². The topological polar surface area (TPSA) is 17.1 Å². The Bertz CT molecular complexity index is 318. The first-order chi connectivity index (χ1) is 6.86. The van der Waals surface area contributed by atoms with Gasteiger partial charge in [-0.05, 0) is 17.2 Å².